The van der Waals surface area contributed by atoms with E-state index in [0.717, 1.165) is 0 Å². The van der Waals surface area contributed by atoms with Crippen LogP contribution in [-0.2, 0) is 17.9 Å². The summed E-state index contributed by atoms with van der Waals surface area (Å²) in [5, 5.41) is 21.4. The van der Waals surface area contributed by atoms with Gasteiger partial charge in [0.2, 0.25) is 11.9 Å². The summed E-state index contributed by atoms with van der Waals surface area (Å²) in [5.41, 5.74) is 0.586. The molecule has 2 aliphatic heterocycles. The quantitative estimate of drug-likeness (QED) is 0.419. The number of carbonyl (C=O) groups excluding carboxylic acids is 1. The lowest BCUT2D eigenvalue weighted by Gasteiger charge is -2.29. The van der Waals surface area contributed by atoms with Crippen molar-refractivity contribution in [2.45, 2.75) is 18.3 Å². The van der Waals surface area contributed by atoms with E-state index in [1.165, 1.54) is 28.9 Å². The number of non-ortho nitro benzene ring substituents is 1. The molecule has 2 aliphatic rings. The Morgan fingerprint density at radius 2 is 2.03 bits per heavy atom. The van der Waals surface area contributed by atoms with E-state index in [1.54, 1.807) is 35.0 Å². The van der Waals surface area contributed by atoms with Crippen LogP contribution in [0.15, 0.2) is 47.6 Å². The molecule has 0 spiro atoms. The standard InChI is InChI=1S/C19H15N5O6S/c25-18-10-31-19-21-20-17(9-28-14-4-5-15-16(7-14)30-11-29-15)23(19)22(18)8-12-2-1-3-13(6-12)24(26)27/h1-7H,8-11H2. The number of amides is 1. The molecule has 0 fully saturated rings. The van der Waals surface area contributed by atoms with Gasteiger partial charge in [-0.15, -0.1) is 10.2 Å². The van der Waals surface area contributed by atoms with Gasteiger partial charge < -0.3 is 14.2 Å². The molecule has 11 nitrogen and oxygen atoms in total. The highest BCUT2D eigenvalue weighted by molar-refractivity contribution is 7.99. The lowest BCUT2D eigenvalue weighted by Crippen LogP contribution is -2.45. The zero-order valence-corrected chi connectivity index (χ0v) is 16.8. The van der Waals surface area contributed by atoms with Crippen LogP contribution < -0.4 is 19.2 Å². The first-order valence-electron chi connectivity index (χ1n) is 9.22. The number of aromatic nitrogens is 3. The normalized spacial score (nSPS) is 14.5. The first-order chi connectivity index (χ1) is 15.1. The molecule has 1 aromatic heterocycles. The molecule has 0 unspecified atom stereocenters. The van der Waals surface area contributed by atoms with E-state index in [9.17, 15) is 14.9 Å². The molecule has 0 aliphatic carbocycles. The molecule has 2 aromatic carbocycles. The van der Waals surface area contributed by atoms with Crippen molar-refractivity contribution in [3.8, 4) is 17.2 Å². The molecule has 31 heavy (non-hydrogen) atoms. The highest BCUT2D eigenvalue weighted by Gasteiger charge is 2.29. The van der Waals surface area contributed by atoms with Crippen LogP contribution in [0.5, 0.6) is 17.2 Å². The van der Waals surface area contributed by atoms with Crippen LogP contribution in [-0.4, -0.2) is 38.2 Å². The van der Waals surface area contributed by atoms with Gasteiger partial charge in [-0.25, -0.2) is 9.69 Å². The predicted molar refractivity (Wildman–Crippen MR) is 108 cm³/mol. The Hall–Kier alpha value is -3.80. The fourth-order valence-electron chi connectivity index (χ4n) is 3.25. The number of hydrogen-bond donors (Lipinski definition) is 0. The summed E-state index contributed by atoms with van der Waals surface area (Å²) in [6.45, 7) is 0.372. The smallest absolute Gasteiger partial charge is 0.269 e. The Kier molecular flexibility index (Phi) is 4.82. The van der Waals surface area contributed by atoms with Gasteiger partial charge in [-0.1, -0.05) is 23.9 Å². The maximum absolute atomic E-state index is 12.7. The van der Waals surface area contributed by atoms with Crippen LogP contribution in [0, 0.1) is 10.1 Å². The van der Waals surface area contributed by atoms with Crippen molar-refractivity contribution in [1.29, 1.82) is 0 Å². The zero-order valence-electron chi connectivity index (χ0n) is 16.0. The Morgan fingerprint density at radius 3 is 2.90 bits per heavy atom. The van der Waals surface area contributed by atoms with Gasteiger partial charge >= 0.3 is 0 Å². The van der Waals surface area contributed by atoms with Gasteiger partial charge in [-0.2, -0.15) is 0 Å². The van der Waals surface area contributed by atoms with E-state index < -0.39 is 4.92 Å². The minimum absolute atomic E-state index is 0.0355. The average molecular weight is 441 g/mol. The second-order valence-corrected chi connectivity index (χ2v) is 7.62. The van der Waals surface area contributed by atoms with E-state index >= 15 is 0 Å². The van der Waals surface area contributed by atoms with Crippen LogP contribution in [0.1, 0.15) is 11.4 Å². The van der Waals surface area contributed by atoms with Gasteiger partial charge in [-0.3, -0.25) is 14.9 Å². The van der Waals surface area contributed by atoms with E-state index in [1.807, 2.05) is 0 Å². The Labute approximate surface area is 179 Å². The third-order valence-corrected chi connectivity index (χ3v) is 5.60. The largest absolute Gasteiger partial charge is 0.485 e. The SMILES string of the molecule is O=C1CSc2nnc(COc3ccc4c(c3)OCO4)n2N1Cc1cccc([N+](=O)[O-])c1. The fraction of sp³-hybridized carbons (Fsp3) is 0.211. The molecular weight excluding hydrogens is 426 g/mol. The summed E-state index contributed by atoms with van der Waals surface area (Å²) in [7, 11) is 0. The maximum Gasteiger partial charge on any atom is 0.269 e. The van der Waals surface area contributed by atoms with Crippen molar-refractivity contribution >= 4 is 23.4 Å². The Balaban J connectivity index is 1.38. The van der Waals surface area contributed by atoms with Crippen LogP contribution in [0.4, 0.5) is 5.69 Å². The molecule has 1 amide bonds. The van der Waals surface area contributed by atoms with Crippen molar-refractivity contribution in [3.63, 3.8) is 0 Å². The van der Waals surface area contributed by atoms with Gasteiger partial charge in [0.25, 0.3) is 11.6 Å². The van der Waals surface area contributed by atoms with Crippen LogP contribution in [0.3, 0.4) is 0 Å². The maximum atomic E-state index is 12.7. The van der Waals surface area contributed by atoms with Gasteiger partial charge in [0.1, 0.15) is 12.4 Å². The number of rotatable bonds is 6. The van der Waals surface area contributed by atoms with Crippen LogP contribution in [0.25, 0.3) is 0 Å². The van der Waals surface area contributed by atoms with Crippen molar-refractivity contribution in [2.24, 2.45) is 0 Å². The number of ether oxygens (including phenoxy) is 3. The topological polar surface area (TPSA) is 122 Å². The lowest BCUT2D eigenvalue weighted by molar-refractivity contribution is -0.384. The Bertz CT molecular complexity index is 1180. The molecule has 158 valence electrons. The van der Waals surface area contributed by atoms with Crippen molar-refractivity contribution in [3.05, 3.63) is 64.0 Å². The number of carbonyl (C=O) groups is 1. The van der Waals surface area contributed by atoms with Crippen molar-refractivity contribution in [1.82, 2.24) is 14.9 Å². The summed E-state index contributed by atoms with van der Waals surface area (Å²) in [5.74, 6) is 2.28. The second kappa shape index (κ2) is 7.80. The molecule has 0 saturated carbocycles. The molecule has 12 heteroatoms. The molecular formula is C19H15N5O6S. The summed E-state index contributed by atoms with van der Waals surface area (Å²) in [4.78, 5) is 23.3. The van der Waals surface area contributed by atoms with Gasteiger partial charge in [0.15, 0.2) is 17.3 Å². The number of thioether (sulfide) groups is 1. The lowest BCUT2D eigenvalue weighted by atomic mass is 10.2. The molecule has 0 atom stereocenters. The van der Waals surface area contributed by atoms with Gasteiger partial charge in [0, 0.05) is 18.2 Å². The van der Waals surface area contributed by atoms with Gasteiger partial charge in [-0.05, 0) is 17.7 Å². The highest BCUT2D eigenvalue weighted by Crippen LogP contribution is 2.35. The predicted octanol–water partition coefficient (Wildman–Crippen LogP) is 2.26. The number of hydrogen-bond acceptors (Lipinski definition) is 9. The summed E-state index contributed by atoms with van der Waals surface area (Å²) in [6.07, 6.45) is 0. The van der Waals surface area contributed by atoms with Crippen molar-refractivity contribution < 1.29 is 23.9 Å². The molecule has 0 bridgehead atoms. The number of benzene rings is 2. The first-order valence-corrected chi connectivity index (χ1v) is 10.2. The molecule has 0 saturated heterocycles. The number of nitrogens with zero attached hydrogens (tertiary/aromatic N) is 5. The summed E-state index contributed by atoms with van der Waals surface area (Å²) < 4.78 is 18.1. The Morgan fingerprint density at radius 1 is 1.16 bits per heavy atom. The van der Waals surface area contributed by atoms with Gasteiger partial charge in [0.05, 0.1) is 17.2 Å². The van der Waals surface area contributed by atoms with Crippen molar-refractivity contribution in [2.75, 3.05) is 17.6 Å². The third kappa shape index (κ3) is 3.72. The average Bonchev–Trinajstić information content (AvgIpc) is 3.41. The van der Waals surface area contributed by atoms with Crippen LogP contribution in [0.2, 0.25) is 0 Å². The van der Waals surface area contributed by atoms with E-state index in [2.05, 4.69) is 10.2 Å². The highest BCUT2D eigenvalue weighted by atomic mass is 32.2. The minimum atomic E-state index is -0.466. The molecule has 3 heterocycles. The van der Waals surface area contributed by atoms with E-state index in [-0.39, 0.29) is 37.3 Å². The second-order valence-electron chi connectivity index (χ2n) is 6.68. The number of nitro benzene ring substituents is 1. The minimum Gasteiger partial charge on any atom is -0.485 e. The van der Waals surface area contributed by atoms with E-state index in [0.29, 0.717) is 33.8 Å². The number of fused-ring (bicyclic) bond motifs is 2. The molecule has 0 radical (unpaired) electrons. The zero-order chi connectivity index (χ0) is 21.4. The van der Waals surface area contributed by atoms with Crippen LogP contribution >= 0.6 is 11.8 Å². The monoisotopic (exact) mass is 441 g/mol. The number of nitro groups is 1. The summed E-state index contributed by atoms with van der Waals surface area (Å²) in [6, 6.07) is 11.4. The fourth-order valence-corrected chi connectivity index (χ4v) is 4.07. The molecule has 3 aromatic rings. The molecule has 5 rings (SSSR count). The summed E-state index contributed by atoms with van der Waals surface area (Å²) >= 11 is 1.28. The first kappa shape index (κ1) is 19.2. The van der Waals surface area contributed by atoms with E-state index in [4.69, 9.17) is 14.2 Å². The third-order valence-electron chi connectivity index (χ3n) is 4.70. The molecule has 0 N–H and O–H groups in total.